The zero-order valence-corrected chi connectivity index (χ0v) is 11.4. The minimum atomic E-state index is 0.0417. The molecule has 1 amide bonds. The number of ether oxygens (including phenoxy) is 1. The average molecular weight is 262 g/mol. The van der Waals surface area contributed by atoms with Crippen LogP contribution in [0, 0.1) is 5.92 Å². The summed E-state index contributed by atoms with van der Waals surface area (Å²) >= 11 is 0. The predicted octanol–water partition coefficient (Wildman–Crippen LogP) is 1.81. The van der Waals surface area contributed by atoms with Gasteiger partial charge in [-0.05, 0) is 36.5 Å². The van der Waals surface area contributed by atoms with Crippen molar-refractivity contribution in [3.05, 3.63) is 29.8 Å². The number of nitrogens with one attached hydrogen (secondary N) is 2. The predicted molar refractivity (Wildman–Crippen MR) is 76.2 cm³/mol. The molecule has 1 heterocycles. The summed E-state index contributed by atoms with van der Waals surface area (Å²) in [5.41, 5.74) is 2.14. The second kappa shape index (κ2) is 7.14. The topological polar surface area (TPSA) is 50.4 Å². The van der Waals surface area contributed by atoms with Crippen molar-refractivity contribution >= 4 is 11.6 Å². The molecule has 0 aliphatic carbocycles. The normalized spacial score (nSPS) is 18.9. The molecule has 0 saturated carbocycles. The van der Waals surface area contributed by atoms with Crippen LogP contribution in [0.3, 0.4) is 0 Å². The molecule has 0 aromatic heterocycles. The highest BCUT2D eigenvalue weighted by molar-refractivity contribution is 5.78. The lowest BCUT2D eigenvalue weighted by Gasteiger charge is -2.22. The van der Waals surface area contributed by atoms with Gasteiger partial charge in [0.05, 0.1) is 13.0 Å². The van der Waals surface area contributed by atoms with Crippen LogP contribution in [0.15, 0.2) is 24.3 Å². The quantitative estimate of drug-likeness (QED) is 0.851. The second-order valence-corrected chi connectivity index (χ2v) is 5.01. The Morgan fingerprint density at radius 3 is 2.79 bits per heavy atom. The van der Waals surface area contributed by atoms with Crippen molar-refractivity contribution in [2.24, 2.45) is 5.92 Å². The summed E-state index contributed by atoms with van der Waals surface area (Å²) in [6.07, 6.45) is 2.84. The Kier molecular flexibility index (Phi) is 5.21. The lowest BCUT2D eigenvalue weighted by Crippen LogP contribution is -2.24. The van der Waals surface area contributed by atoms with E-state index in [4.69, 9.17) is 4.74 Å². The Hall–Kier alpha value is -1.55. The van der Waals surface area contributed by atoms with Gasteiger partial charge in [0.15, 0.2) is 0 Å². The van der Waals surface area contributed by atoms with Crippen molar-refractivity contribution in [3.63, 3.8) is 0 Å². The monoisotopic (exact) mass is 262 g/mol. The summed E-state index contributed by atoms with van der Waals surface area (Å²) in [6.45, 7) is 2.72. The van der Waals surface area contributed by atoms with E-state index >= 15 is 0 Å². The third-order valence-corrected chi connectivity index (χ3v) is 3.45. The minimum absolute atomic E-state index is 0.0417. The van der Waals surface area contributed by atoms with Crippen LogP contribution >= 0.6 is 0 Å². The zero-order valence-electron chi connectivity index (χ0n) is 11.4. The standard InChI is InChI=1S/C15H22N2O2/c1-16-15(18)9-12-4-6-14(7-5-12)17-10-13-3-2-8-19-11-13/h4-7,13,17H,2-3,8-11H2,1H3,(H,16,18). The summed E-state index contributed by atoms with van der Waals surface area (Å²) in [6, 6.07) is 8.05. The van der Waals surface area contributed by atoms with Gasteiger partial charge in [-0.1, -0.05) is 12.1 Å². The Morgan fingerprint density at radius 1 is 1.37 bits per heavy atom. The van der Waals surface area contributed by atoms with Crippen molar-refractivity contribution < 1.29 is 9.53 Å². The van der Waals surface area contributed by atoms with Gasteiger partial charge >= 0.3 is 0 Å². The Labute approximate surface area is 114 Å². The highest BCUT2D eigenvalue weighted by Gasteiger charge is 2.13. The molecule has 1 aliphatic rings. The molecule has 1 unspecified atom stereocenters. The lowest BCUT2D eigenvalue weighted by atomic mass is 10.0. The molecule has 19 heavy (non-hydrogen) atoms. The summed E-state index contributed by atoms with van der Waals surface area (Å²) in [5.74, 6) is 0.652. The number of carbonyl (C=O) groups is 1. The minimum Gasteiger partial charge on any atom is -0.385 e. The van der Waals surface area contributed by atoms with Crippen LogP contribution < -0.4 is 10.6 Å². The maximum absolute atomic E-state index is 11.3. The maximum Gasteiger partial charge on any atom is 0.224 e. The van der Waals surface area contributed by atoms with E-state index in [0.29, 0.717) is 12.3 Å². The van der Waals surface area contributed by atoms with Gasteiger partial charge in [0.1, 0.15) is 0 Å². The van der Waals surface area contributed by atoms with Crippen LogP contribution in [0.4, 0.5) is 5.69 Å². The summed E-state index contributed by atoms with van der Waals surface area (Å²) < 4.78 is 5.46. The third-order valence-electron chi connectivity index (χ3n) is 3.45. The van der Waals surface area contributed by atoms with Gasteiger partial charge in [-0.25, -0.2) is 0 Å². The lowest BCUT2D eigenvalue weighted by molar-refractivity contribution is -0.119. The Morgan fingerprint density at radius 2 is 2.16 bits per heavy atom. The molecule has 1 aromatic rings. The molecule has 4 heteroatoms. The molecule has 104 valence electrons. The fraction of sp³-hybridized carbons (Fsp3) is 0.533. The zero-order chi connectivity index (χ0) is 13.5. The maximum atomic E-state index is 11.3. The first-order valence-electron chi connectivity index (χ1n) is 6.89. The van der Waals surface area contributed by atoms with Gasteiger partial charge in [-0.2, -0.15) is 0 Å². The van der Waals surface area contributed by atoms with Crippen LogP contribution in [0.25, 0.3) is 0 Å². The number of likely N-dealkylation sites (N-methyl/N-ethyl adjacent to an activating group) is 1. The summed E-state index contributed by atoms with van der Waals surface area (Å²) in [7, 11) is 1.66. The van der Waals surface area contributed by atoms with E-state index in [0.717, 1.165) is 37.4 Å². The first kappa shape index (κ1) is 13.9. The smallest absolute Gasteiger partial charge is 0.224 e. The van der Waals surface area contributed by atoms with Crippen molar-refractivity contribution in [2.45, 2.75) is 19.3 Å². The highest BCUT2D eigenvalue weighted by Crippen LogP contribution is 2.16. The van der Waals surface area contributed by atoms with Crippen molar-refractivity contribution in [3.8, 4) is 0 Å². The number of hydrogen-bond donors (Lipinski definition) is 2. The van der Waals surface area contributed by atoms with E-state index in [1.165, 1.54) is 6.42 Å². The Bertz CT molecular complexity index is 397. The summed E-state index contributed by atoms with van der Waals surface area (Å²) in [4.78, 5) is 11.3. The molecule has 4 nitrogen and oxygen atoms in total. The van der Waals surface area contributed by atoms with Crippen molar-refractivity contribution in [1.82, 2.24) is 5.32 Å². The molecule has 1 saturated heterocycles. The number of rotatable bonds is 5. The van der Waals surface area contributed by atoms with Gasteiger partial charge in [0, 0.05) is 25.9 Å². The van der Waals surface area contributed by atoms with E-state index in [-0.39, 0.29) is 5.91 Å². The molecule has 1 aromatic carbocycles. The molecule has 1 fully saturated rings. The van der Waals surface area contributed by atoms with Gasteiger partial charge in [0.2, 0.25) is 5.91 Å². The van der Waals surface area contributed by atoms with Gasteiger partial charge in [-0.3, -0.25) is 4.79 Å². The van der Waals surface area contributed by atoms with E-state index in [9.17, 15) is 4.79 Å². The van der Waals surface area contributed by atoms with Crippen LogP contribution in [-0.2, 0) is 16.0 Å². The van der Waals surface area contributed by atoms with Crippen LogP contribution in [0.2, 0.25) is 0 Å². The number of anilines is 1. The van der Waals surface area contributed by atoms with E-state index in [2.05, 4.69) is 10.6 Å². The summed E-state index contributed by atoms with van der Waals surface area (Å²) in [5, 5.41) is 6.06. The van der Waals surface area contributed by atoms with Crippen molar-refractivity contribution in [2.75, 3.05) is 32.1 Å². The molecule has 1 aliphatic heterocycles. The van der Waals surface area contributed by atoms with Crippen LogP contribution in [0.5, 0.6) is 0 Å². The van der Waals surface area contributed by atoms with Gasteiger partial charge < -0.3 is 15.4 Å². The van der Waals surface area contributed by atoms with E-state index in [1.54, 1.807) is 7.05 Å². The number of hydrogen-bond acceptors (Lipinski definition) is 3. The third kappa shape index (κ3) is 4.56. The Balaban J connectivity index is 1.79. The van der Waals surface area contributed by atoms with Gasteiger partial charge in [-0.15, -0.1) is 0 Å². The van der Waals surface area contributed by atoms with Crippen LogP contribution in [-0.4, -0.2) is 32.7 Å². The van der Waals surface area contributed by atoms with E-state index < -0.39 is 0 Å². The first-order valence-corrected chi connectivity index (χ1v) is 6.89. The molecule has 0 spiro atoms. The van der Waals surface area contributed by atoms with E-state index in [1.807, 2.05) is 24.3 Å². The SMILES string of the molecule is CNC(=O)Cc1ccc(NCC2CCCOC2)cc1. The average Bonchev–Trinajstić information content (AvgIpc) is 2.47. The largest absolute Gasteiger partial charge is 0.385 e. The molecule has 2 N–H and O–H groups in total. The molecule has 2 rings (SSSR count). The van der Waals surface area contributed by atoms with Crippen LogP contribution in [0.1, 0.15) is 18.4 Å². The molecule has 1 atom stereocenters. The molecule has 0 bridgehead atoms. The highest BCUT2D eigenvalue weighted by atomic mass is 16.5. The van der Waals surface area contributed by atoms with Crippen molar-refractivity contribution in [1.29, 1.82) is 0 Å². The molecule has 0 radical (unpaired) electrons. The fourth-order valence-corrected chi connectivity index (χ4v) is 2.24. The molecular weight excluding hydrogens is 240 g/mol. The molecular formula is C15H22N2O2. The second-order valence-electron chi connectivity index (χ2n) is 5.01. The number of amides is 1. The first-order chi connectivity index (χ1) is 9.28. The van der Waals surface area contributed by atoms with Gasteiger partial charge in [0.25, 0.3) is 0 Å². The fourth-order valence-electron chi connectivity index (χ4n) is 2.24. The number of benzene rings is 1. The number of carbonyl (C=O) groups excluding carboxylic acids is 1.